The Morgan fingerprint density at radius 2 is 2.50 bits per heavy atom. The molecular formula is C13H23N. The third-order valence-corrected chi connectivity index (χ3v) is 4.35. The van der Waals surface area contributed by atoms with Crippen molar-refractivity contribution in [2.24, 2.45) is 17.3 Å². The monoisotopic (exact) mass is 193 g/mol. The van der Waals surface area contributed by atoms with E-state index in [2.05, 4.69) is 24.9 Å². The molecule has 2 rings (SSSR count). The smallest absolute Gasteiger partial charge is 0.00112 e. The van der Waals surface area contributed by atoms with Crippen LogP contribution in [0, 0.1) is 17.3 Å². The number of hydrogen-bond donors (Lipinski definition) is 1. The average molecular weight is 193 g/mol. The highest BCUT2D eigenvalue weighted by molar-refractivity contribution is 5.09. The van der Waals surface area contributed by atoms with Crippen LogP contribution in [0.3, 0.4) is 0 Å². The van der Waals surface area contributed by atoms with Gasteiger partial charge in [0.15, 0.2) is 0 Å². The minimum atomic E-state index is 0.745. The van der Waals surface area contributed by atoms with E-state index < -0.39 is 0 Å². The molecule has 1 saturated heterocycles. The van der Waals surface area contributed by atoms with Crippen molar-refractivity contribution in [1.29, 1.82) is 0 Å². The third-order valence-electron chi connectivity index (χ3n) is 4.35. The SMILES string of the molecule is C=CCC(CC)CCC12CNCC1C2. The molecule has 3 atom stereocenters. The highest BCUT2D eigenvalue weighted by atomic mass is 15.0. The number of rotatable bonds is 6. The fraction of sp³-hybridized carbons (Fsp3) is 0.846. The fourth-order valence-electron chi connectivity index (χ4n) is 3.04. The molecule has 1 aliphatic heterocycles. The molecule has 1 heteroatoms. The summed E-state index contributed by atoms with van der Waals surface area (Å²) in [6, 6.07) is 0. The molecule has 0 radical (unpaired) electrons. The van der Waals surface area contributed by atoms with Gasteiger partial charge in [-0.1, -0.05) is 19.4 Å². The largest absolute Gasteiger partial charge is 0.316 e. The van der Waals surface area contributed by atoms with E-state index in [4.69, 9.17) is 0 Å². The first-order valence-electron chi connectivity index (χ1n) is 6.12. The van der Waals surface area contributed by atoms with Crippen molar-refractivity contribution in [3.63, 3.8) is 0 Å². The highest BCUT2D eigenvalue weighted by Crippen LogP contribution is 2.58. The molecule has 1 aliphatic carbocycles. The second kappa shape index (κ2) is 4.06. The van der Waals surface area contributed by atoms with Gasteiger partial charge in [0.25, 0.3) is 0 Å². The van der Waals surface area contributed by atoms with Gasteiger partial charge in [0.2, 0.25) is 0 Å². The summed E-state index contributed by atoms with van der Waals surface area (Å²) in [6.07, 6.45) is 9.00. The van der Waals surface area contributed by atoms with Crippen molar-refractivity contribution in [3.05, 3.63) is 12.7 Å². The van der Waals surface area contributed by atoms with Gasteiger partial charge in [-0.3, -0.25) is 0 Å². The second-order valence-corrected chi connectivity index (χ2v) is 5.23. The Bertz CT molecular complexity index is 211. The van der Waals surface area contributed by atoms with Gasteiger partial charge in [-0.15, -0.1) is 6.58 Å². The second-order valence-electron chi connectivity index (χ2n) is 5.23. The van der Waals surface area contributed by atoms with Gasteiger partial charge in [0, 0.05) is 6.54 Å². The summed E-state index contributed by atoms with van der Waals surface area (Å²) < 4.78 is 0. The summed E-state index contributed by atoms with van der Waals surface area (Å²) in [6.45, 7) is 8.74. The van der Waals surface area contributed by atoms with Crippen LogP contribution in [0.2, 0.25) is 0 Å². The van der Waals surface area contributed by atoms with Crippen LogP contribution in [0.25, 0.3) is 0 Å². The molecule has 0 amide bonds. The lowest BCUT2D eigenvalue weighted by atomic mass is 9.89. The molecule has 0 aromatic heterocycles. The first-order chi connectivity index (χ1) is 6.80. The van der Waals surface area contributed by atoms with Crippen molar-refractivity contribution >= 4 is 0 Å². The molecule has 0 aromatic rings. The summed E-state index contributed by atoms with van der Waals surface area (Å²) in [5.41, 5.74) is 0.745. The zero-order chi connectivity index (χ0) is 10.0. The van der Waals surface area contributed by atoms with Gasteiger partial charge in [-0.2, -0.15) is 0 Å². The molecule has 80 valence electrons. The molecule has 2 aliphatic rings. The van der Waals surface area contributed by atoms with Gasteiger partial charge in [0.1, 0.15) is 0 Å². The predicted molar refractivity (Wildman–Crippen MR) is 61.2 cm³/mol. The topological polar surface area (TPSA) is 12.0 Å². The van der Waals surface area contributed by atoms with E-state index in [0.29, 0.717) is 0 Å². The predicted octanol–water partition coefficient (Wildman–Crippen LogP) is 2.98. The maximum Gasteiger partial charge on any atom is 0.00112 e. The minimum Gasteiger partial charge on any atom is -0.316 e. The summed E-state index contributed by atoms with van der Waals surface area (Å²) in [5, 5.41) is 3.52. The molecular weight excluding hydrogens is 170 g/mol. The van der Waals surface area contributed by atoms with E-state index >= 15 is 0 Å². The number of fused-ring (bicyclic) bond motifs is 1. The molecule has 2 fully saturated rings. The lowest BCUT2D eigenvalue weighted by Gasteiger charge is -2.17. The molecule has 1 N–H and O–H groups in total. The summed E-state index contributed by atoms with van der Waals surface area (Å²) in [7, 11) is 0. The Labute approximate surface area is 88.0 Å². The van der Waals surface area contributed by atoms with Crippen molar-refractivity contribution in [2.45, 2.75) is 39.0 Å². The summed E-state index contributed by atoms with van der Waals surface area (Å²) in [4.78, 5) is 0. The van der Waals surface area contributed by atoms with Crippen LogP contribution >= 0.6 is 0 Å². The molecule has 1 saturated carbocycles. The Balaban J connectivity index is 1.73. The van der Waals surface area contributed by atoms with Crippen molar-refractivity contribution < 1.29 is 0 Å². The van der Waals surface area contributed by atoms with Crippen LogP contribution in [0.1, 0.15) is 39.0 Å². The van der Waals surface area contributed by atoms with Crippen molar-refractivity contribution in [3.8, 4) is 0 Å². The number of hydrogen-bond acceptors (Lipinski definition) is 1. The Kier molecular flexibility index (Phi) is 2.96. The zero-order valence-corrected chi connectivity index (χ0v) is 9.39. The standard InChI is InChI=1S/C13H23N/c1-3-5-11(4-2)6-7-13-8-12(13)9-14-10-13/h3,11-12,14H,1,4-10H2,2H3. The lowest BCUT2D eigenvalue weighted by molar-refractivity contribution is 0.373. The maximum absolute atomic E-state index is 3.84. The van der Waals surface area contributed by atoms with Crippen LogP contribution in [-0.2, 0) is 0 Å². The van der Waals surface area contributed by atoms with E-state index in [1.807, 2.05) is 0 Å². The molecule has 1 nitrogen and oxygen atoms in total. The van der Waals surface area contributed by atoms with Crippen LogP contribution < -0.4 is 5.32 Å². The molecule has 3 unspecified atom stereocenters. The Hall–Kier alpha value is -0.300. The zero-order valence-electron chi connectivity index (χ0n) is 9.39. The highest BCUT2D eigenvalue weighted by Gasteiger charge is 2.56. The molecule has 14 heavy (non-hydrogen) atoms. The van der Waals surface area contributed by atoms with E-state index in [0.717, 1.165) is 17.3 Å². The average Bonchev–Trinajstić information content (AvgIpc) is 2.76. The molecule has 0 aromatic carbocycles. The van der Waals surface area contributed by atoms with Crippen LogP contribution in [0.5, 0.6) is 0 Å². The van der Waals surface area contributed by atoms with Gasteiger partial charge in [0.05, 0.1) is 0 Å². The summed E-state index contributed by atoms with van der Waals surface area (Å²) >= 11 is 0. The van der Waals surface area contributed by atoms with Crippen LogP contribution in [0.4, 0.5) is 0 Å². The van der Waals surface area contributed by atoms with Crippen molar-refractivity contribution in [1.82, 2.24) is 5.32 Å². The van der Waals surface area contributed by atoms with Gasteiger partial charge >= 0.3 is 0 Å². The Morgan fingerprint density at radius 1 is 1.64 bits per heavy atom. The molecule has 1 heterocycles. The first kappa shape index (κ1) is 10.2. The Morgan fingerprint density at radius 3 is 3.00 bits per heavy atom. The van der Waals surface area contributed by atoms with Crippen molar-refractivity contribution in [2.75, 3.05) is 13.1 Å². The first-order valence-corrected chi connectivity index (χ1v) is 6.12. The lowest BCUT2D eigenvalue weighted by Crippen LogP contribution is -2.17. The quantitative estimate of drug-likeness (QED) is 0.639. The minimum absolute atomic E-state index is 0.745. The van der Waals surface area contributed by atoms with E-state index in [1.165, 1.54) is 45.2 Å². The maximum atomic E-state index is 3.84. The summed E-state index contributed by atoms with van der Waals surface area (Å²) in [5.74, 6) is 1.92. The van der Waals surface area contributed by atoms with E-state index in [1.54, 1.807) is 0 Å². The molecule has 0 spiro atoms. The van der Waals surface area contributed by atoms with Gasteiger partial charge < -0.3 is 5.32 Å². The normalized spacial score (nSPS) is 36.5. The van der Waals surface area contributed by atoms with Crippen LogP contribution in [0.15, 0.2) is 12.7 Å². The number of nitrogens with one attached hydrogen (secondary N) is 1. The number of allylic oxidation sites excluding steroid dienone is 1. The van der Waals surface area contributed by atoms with Gasteiger partial charge in [-0.25, -0.2) is 0 Å². The fourth-order valence-corrected chi connectivity index (χ4v) is 3.04. The molecule has 0 bridgehead atoms. The van der Waals surface area contributed by atoms with Gasteiger partial charge in [-0.05, 0) is 49.5 Å². The third kappa shape index (κ3) is 1.88. The van der Waals surface area contributed by atoms with E-state index in [-0.39, 0.29) is 0 Å². The van der Waals surface area contributed by atoms with E-state index in [9.17, 15) is 0 Å². The number of piperidine rings is 1. The van der Waals surface area contributed by atoms with Crippen LogP contribution in [-0.4, -0.2) is 13.1 Å².